The molecule has 1 aromatic rings. The average molecular weight is 410 g/mol. The second-order valence-corrected chi connectivity index (χ2v) is 12.2. The third-order valence-corrected chi connectivity index (χ3v) is 10.5. The minimum atomic E-state index is -0.326. The van der Waals surface area contributed by atoms with Gasteiger partial charge >= 0.3 is 0 Å². The summed E-state index contributed by atoms with van der Waals surface area (Å²) in [6.07, 6.45) is 7.73. The molecule has 7 atom stereocenters. The van der Waals surface area contributed by atoms with Crippen LogP contribution in [-0.4, -0.2) is 17.1 Å². The van der Waals surface area contributed by atoms with Crippen LogP contribution in [0.15, 0.2) is 18.2 Å². The number of carbonyl (C=O) groups excluding carboxylic acids is 1. The SMILES string of the molecule is C[C@H]1[C@H](NC(=O)[C@@]2(C)CCC[C@]3(C)c4cc(O)ccc4CC[C@@H]23)CC2C[C@@H]1C2(C)C. The Kier molecular flexibility index (Phi) is 4.42. The van der Waals surface area contributed by atoms with E-state index in [2.05, 4.69) is 46.0 Å². The first kappa shape index (κ1) is 20.4. The Bertz CT molecular complexity index is 876. The minimum Gasteiger partial charge on any atom is -0.508 e. The quantitative estimate of drug-likeness (QED) is 0.669. The van der Waals surface area contributed by atoms with E-state index in [4.69, 9.17) is 0 Å². The minimum absolute atomic E-state index is 0.0288. The Morgan fingerprint density at radius 3 is 2.60 bits per heavy atom. The van der Waals surface area contributed by atoms with E-state index in [0.717, 1.165) is 50.4 Å². The lowest BCUT2D eigenvalue weighted by molar-refractivity contribution is -0.148. The molecule has 6 rings (SSSR count). The summed E-state index contributed by atoms with van der Waals surface area (Å²) < 4.78 is 0. The molecule has 1 unspecified atom stereocenters. The van der Waals surface area contributed by atoms with Gasteiger partial charge in [0.2, 0.25) is 5.91 Å². The van der Waals surface area contributed by atoms with E-state index in [9.17, 15) is 9.90 Å². The molecule has 3 heteroatoms. The summed E-state index contributed by atoms with van der Waals surface area (Å²) in [4.78, 5) is 13.8. The summed E-state index contributed by atoms with van der Waals surface area (Å²) in [6, 6.07) is 6.22. The number of benzene rings is 1. The highest BCUT2D eigenvalue weighted by Gasteiger charge is 2.58. The molecule has 4 fully saturated rings. The zero-order chi connectivity index (χ0) is 21.5. The van der Waals surface area contributed by atoms with Crippen molar-refractivity contribution in [3.63, 3.8) is 0 Å². The number of amides is 1. The zero-order valence-electron chi connectivity index (χ0n) is 19.4. The molecule has 0 heterocycles. The Hall–Kier alpha value is -1.51. The fraction of sp³-hybridized carbons (Fsp3) is 0.741. The average Bonchev–Trinajstić information content (AvgIpc) is 2.69. The monoisotopic (exact) mass is 409 g/mol. The molecule has 0 saturated heterocycles. The standard InChI is InChI=1S/C27H39NO2/c1-16-20-13-18(25(20,2)3)14-22(16)28-24(30)27(5)12-6-11-26(4)21-15-19(29)9-7-17(21)8-10-23(26)27/h7,9,15-16,18,20,22-23,29H,6,8,10-14H2,1-5H3,(H,28,30)/t16-,18?,20+,22-,23-,26-,27+/m1/s1. The van der Waals surface area contributed by atoms with Crippen molar-refractivity contribution in [2.45, 2.75) is 91.0 Å². The van der Waals surface area contributed by atoms with Gasteiger partial charge < -0.3 is 10.4 Å². The van der Waals surface area contributed by atoms with Crippen LogP contribution >= 0.6 is 0 Å². The predicted molar refractivity (Wildman–Crippen MR) is 120 cm³/mol. The van der Waals surface area contributed by atoms with E-state index in [-0.39, 0.29) is 16.7 Å². The van der Waals surface area contributed by atoms with E-state index in [1.807, 2.05) is 12.1 Å². The maximum atomic E-state index is 13.8. The first-order chi connectivity index (χ1) is 14.1. The normalized spacial score (nSPS) is 43.7. The van der Waals surface area contributed by atoms with Gasteiger partial charge in [-0.15, -0.1) is 0 Å². The number of rotatable bonds is 2. The largest absolute Gasteiger partial charge is 0.508 e. The maximum absolute atomic E-state index is 13.8. The van der Waals surface area contributed by atoms with E-state index in [1.165, 1.54) is 17.5 Å². The molecule has 5 aliphatic carbocycles. The fourth-order valence-electron chi connectivity index (χ4n) is 8.39. The van der Waals surface area contributed by atoms with Crippen molar-refractivity contribution in [3.05, 3.63) is 29.3 Å². The van der Waals surface area contributed by atoms with Crippen LogP contribution in [0.1, 0.15) is 84.3 Å². The highest BCUT2D eigenvalue weighted by Crippen LogP contribution is 2.62. The lowest BCUT2D eigenvalue weighted by Gasteiger charge is -2.62. The lowest BCUT2D eigenvalue weighted by atomic mass is 9.44. The molecule has 2 N–H and O–H groups in total. The predicted octanol–water partition coefficient (Wildman–Crippen LogP) is 5.59. The van der Waals surface area contributed by atoms with E-state index >= 15 is 0 Å². The lowest BCUT2D eigenvalue weighted by Crippen LogP contribution is -2.63. The Balaban J connectivity index is 1.40. The fourth-order valence-corrected chi connectivity index (χ4v) is 8.39. The molecule has 0 radical (unpaired) electrons. The Morgan fingerprint density at radius 2 is 1.90 bits per heavy atom. The number of fused-ring (bicyclic) bond motifs is 5. The molecule has 0 aliphatic heterocycles. The van der Waals surface area contributed by atoms with Gasteiger partial charge in [-0.1, -0.05) is 47.1 Å². The van der Waals surface area contributed by atoms with Crippen molar-refractivity contribution < 1.29 is 9.90 Å². The van der Waals surface area contributed by atoms with Gasteiger partial charge in [-0.2, -0.15) is 0 Å². The van der Waals surface area contributed by atoms with Crippen LogP contribution in [-0.2, 0) is 16.6 Å². The molecule has 5 aliphatic rings. The number of aryl methyl sites for hydroxylation is 1. The van der Waals surface area contributed by atoms with Crippen molar-refractivity contribution in [1.82, 2.24) is 5.32 Å². The van der Waals surface area contributed by atoms with E-state index in [1.54, 1.807) is 0 Å². The first-order valence-corrected chi connectivity index (χ1v) is 12.2. The Morgan fingerprint density at radius 1 is 1.13 bits per heavy atom. The van der Waals surface area contributed by atoms with Crippen LogP contribution in [0.2, 0.25) is 0 Å². The van der Waals surface area contributed by atoms with Crippen LogP contribution in [0.3, 0.4) is 0 Å². The smallest absolute Gasteiger partial charge is 0.226 e. The molecule has 4 saturated carbocycles. The molecule has 0 spiro atoms. The van der Waals surface area contributed by atoms with Gasteiger partial charge in [0.05, 0.1) is 5.41 Å². The summed E-state index contributed by atoms with van der Waals surface area (Å²) in [6.45, 7) is 11.8. The number of carbonyl (C=O) groups is 1. The van der Waals surface area contributed by atoms with Crippen molar-refractivity contribution in [2.75, 3.05) is 0 Å². The molecule has 30 heavy (non-hydrogen) atoms. The highest BCUT2D eigenvalue weighted by molar-refractivity contribution is 5.83. The van der Waals surface area contributed by atoms with Crippen LogP contribution in [0.25, 0.3) is 0 Å². The summed E-state index contributed by atoms with van der Waals surface area (Å²) in [5.41, 5.74) is 2.74. The third-order valence-electron chi connectivity index (χ3n) is 10.5. The van der Waals surface area contributed by atoms with Gasteiger partial charge in [-0.25, -0.2) is 0 Å². The van der Waals surface area contributed by atoms with Crippen molar-refractivity contribution >= 4 is 5.91 Å². The van der Waals surface area contributed by atoms with Gasteiger partial charge in [0.15, 0.2) is 0 Å². The number of phenolic OH excluding ortho intramolecular Hbond substituents is 1. The third kappa shape index (κ3) is 2.66. The van der Waals surface area contributed by atoms with Crippen LogP contribution in [0.4, 0.5) is 0 Å². The number of hydrogen-bond acceptors (Lipinski definition) is 2. The number of phenols is 1. The summed E-state index contributed by atoms with van der Waals surface area (Å²) >= 11 is 0. The van der Waals surface area contributed by atoms with Crippen molar-refractivity contribution in [3.8, 4) is 5.75 Å². The molecule has 3 nitrogen and oxygen atoms in total. The molecule has 1 aromatic carbocycles. The van der Waals surface area contributed by atoms with Crippen LogP contribution in [0.5, 0.6) is 5.75 Å². The van der Waals surface area contributed by atoms with E-state index < -0.39 is 0 Å². The first-order valence-electron chi connectivity index (χ1n) is 12.2. The van der Waals surface area contributed by atoms with Gasteiger partial charge in [0, 0.05) is 6.04 Å². The second kappa shape index (κ2) is 6.50. The van der Waals surface area contributed by atoms with E-state index in [0.29, 0.717) is 29.0 Å². The van der Waals surface area contributed by atoms with Crippen molar-refractivity contribution in [2.24, 2.45) is 34.5 Å². The molecule has 1 amide bonds. The summed E-state index contributed by atoms with van der Waals surface area (Å²) in [5.74, 6) is 3.05. The Labute approximate surface area is 182 Å². The number of hydrogen-bond donors (Lipinski definition) is 2. The van der Waals surface area contributed by atoms with Gasteiger partial charge in [0.1, 0.15) is 5.75 Å². The molecule has 164 valence electrons. The summed E-state index contributed by atoms with van der Waals surface area (Å²) in [7, 11) is 0. The van der Waals surface area contributed by atoms with Crippen LogP contribution in [0, 0.1) is 34.5 Å². The molecule has 2 bridgehead atoms. The van der Waals surface area contributed by atoms with Gasteiger partial charge in [-0.05, 0) is 96.3 Å². The second-order valence-electron chi connectivity index (χ2n) is 12.2. The number of nitrogens with one attached hydrogen (secondary N) is 1. The van der Waals surface area contributed by atoms with Crippen LogP contribution < -0.4 is 5.32 Å². The molecule has 0 aromatic heterocycles. The molecular weight excluding hydrogens is 370 g/mol. The maximum Gasteiger partial charge on any atom is 0.226 e. The van der Waals surface area contributed by atoms with Gasteiger partial charge in [-0.3, -0.25) is 4.79 Å². The van der Waals surface area contributed by atoms with Gasteiger partial charge in [0.25, 0.3) is 0 Å². The molecular formula is C27H39NO2. The topological polar surface area (TPSA) is 49.3 Å². The summed E-state index contributed by atoms with van der Waals surface area (Å²) in [5, 5.41) is 13.7. The highest BCUT2D eigenvalue weighted by atomic mass is 16.3. The zero-order valence-corrected chi connectivity index (χ0v) is 19.4. The number of aromatic hydroxyl groups is 1. The van der Waals surface area contributed by atoms with Crippen molar-refractivity contribution in [1.29, 1.82) is 0 Å².